The molecule has 0 aliphatic carbocycles. The van der Waals surface area contributed by atoms with E-state index < -0.39 is 0 Å². The second kappa shape index (κ2) is 3.45. The first-order valence-corrected chi connectivity index (χ1v) is 6.19. The van der Waals surface area contributed by atoms with Gasteiger partial charge in [-0.15, -0.1) is 0 Å². The first kappa shape index (κ1) is 10.3. The molecule has 1 N–H and O–H groups in total. The normalized spacial score (nSPS) is 13.9. The van der Waals surface area contributed by atoms with Gasteiger partial charge in [0.05, 0.1) is 11.4 Å². The molecule has 1 heterocycles. The molecule has 2 heteroatoms. The van der Waals surface area contributed by atoms with Gasteiger partial charge in [0, 0.05) is 5.56 Å². The van der Waals surface area contributed by atoms with Crippen molar-refractivity contribution in [2.75, 3.05) is 5.32 Å². The quantitative estimate of drug-likeness (QED) is 0.477. The summed E-state index contributed by atoms with van der Waals surface area (Å²) in [4.78, 5) is 11.9. The summed E-state index contributed by atoms with van der Waals surface area (Å²) in [7, 11) is 0. The number of ketones is 1. The average Bonchev–Trinajstić information content (AvgIpc) is 2.69. The molecule has 3 aromatic rings. The molecular weight excluding hydrogens is 234 g/mol. The lowest BCUT2D eigenvalue weighted by atomic mass is 10.00. The first-order chi connectivity index (χ1) is 9.22. The van der Waals surface area contributed by atoms with Gasteiger partial charge in [0.15, 0.2) is 0 Å². The highest BCUT2D eigenvalue weighted by Gasteiger charge is 2.23. The third-order valence-electron chi connectivity index (χ3n) is 3.65. The fourth-order valence-electron chi connectivity index (χ4n) is 2.67. The molecule has 0 bridgehead atoms. The molecular formula is C17H11NO. The first-order valence-electron chi connectivity index (χ1n) is 6.19. The molecule has 0 spiro atoms. The molecule has 4 rings (SSSR count). The molecule has 1 aliphatic heterocycles. The number of hydrogen-bond acceptors (Lipinski definition) is 2. The highest BCUT2D eigenvalue weighted by Crippen LogP contribution is 2.33. The van der Waals surface area contributed by atoms with Gasteiger partial charge in [-0.25, -0.2) is 0 Å². The highest BCUT2D eigenvalue weighted by molar-refractivity contribution is 6.20. The number of Topliss-reactive ketones (excluding diaryl/α,β-unsaturated/α-hetero) is 1. The molecule has 0 unspecified atom stereocenters. The number of carbonyl (C=O) groups is 1. The van der Waals surface area contributed by atoms with Gasteiger partial charge < -0.3 is 5.32 Å². The van der Waals surface area contributed by atoms with Gasteiger partial charge in [0.2, 0.25) is 5.78 Å². The van der Waals surface area contributed by atoms with Crippen molar-refractivity contribution in [3.05, 3.63) is 66.4 Å². The Kier molecular flexibility index (Phi) is 1.88. The Labute approximate surface area is 110 Å². The Bertz CT molecular complexity index is 877. The van der Waals surface area contributed by atoms with E-state index in [1.807, 2.05) is 24.3 Å². The monoisotopic (exact) mass is 245 g/mol. The standard InChI is InChI=1S/C17H11NO/c1-10-17(19)15-8-13-6-11-4-2-3-5-12(11)7-14(13)9-16(15)18-10/h2-9,18H,1H2. The van der Waals surface area contributed by atoms with Crippen molar-refractivity contribution >= 4 is 33.0 Å². The van der Waals surface area contributed by atoms with Crippen LogP contribution in [0.2, 0.25) is 0 Å². The van der Waals surface area contributed by atoms with Crippen molar-refractivity contribution < 1.29 is 4.79 Å². The number of anilines is 1. The lowest BCUT2D eigenvalue weighted by Gasteiger charge is -2.05. The molecule has 0 fully saturated rings. The average molecular weight is 245 g/mol. The van der Waals surface area contributed by atoms with Crippen LogP contribution in [0.5, 0.6) is 0 Å². The number of allylic oxidation sites excluding steroid dienone is 1. The number of benzene rings is 3. The molecule has 0 amide bonds. The lowest BCUT2D eigenvalue weighted by molar-refractivity contribution is 0.104. The van der Waals surface area contributed by atoms with Crippen LogP contribution in [0.25, 0.3) is 21.5 Å². The Morgan fingerprint density at radius 1 is 0.842 bits per heavy atom. The van der Waals surface area contributed by atoms with E-state index in [9.17, 15) is 4.79 Å². The lowest BCUT2D eigenvalue weighted by Crippen LogP contribution is -1.96. The van der Waals surface area contributed by atoms with E-state index in [0.29, 0.717) is 11.3 Å². The number of fused-ring (bicyclic) bond motifs is 3. The highest BCUT2D eigenvalue weighted by atomic mass is 16.1. The van der Waals surface area contributed by atoms with Gasteiger partial charge in [-0.2, -0.15) is 0 Å². The molecule has 3 aromatic carbocycles. The summed E-state index contributed by atoms with van der Waals surface area (Å²) in [6.07, 6.45) is 0. The van der Waals surface area contributed by atoms with Crippen molar-refractivity contribution in [3.63, 3.8) is 0 Å². The van der Waals surface area contributed by atoms with Crippen molar-refractivity contribution in [3.8, 4) is 0 Å². The van der Waals surface area contributed by atoms with Crippen LogP contribution in [0.3, 0.4) is 0 Å². The van der Waals surface area contributed by atoms with Crippen LogP contribution >= 0.6 is 0 Å². The van der Waals surface area contributed by atoms with Gasteiger partial charge in [-0.1, -0.05) is 30.8 Å². The third-order valence-corrected chi connectivity index (χ3v) is 3.65. The molecule has 90 valence electrons. The van der Waals surface area contributed by atoms with Crippen molar-refractivity contribution in [1.29, 1.82) is 0 Å². The van der Waals surface area contributed by atoms with E-state index in [4.69, 9.17) is 0 Å². The Hall–Kier alpha value is -2.61. The Balaban J connectivity index is 2.10. The number of nitrogens with one attached hydrogen (secondary N) is 1. The number of hydrogen-bond donors (Lipinski definition) is 1. The molecule has 0 saturated heterocycles. The van der Waals surface area contributed by atoms with Crippen molar-refractivity contribution in [2.45, 2.75) is 0 Å². The number of carbonyl (C=O) groups excluding carboxylic acids is 1. The topological polar surface area (TPSA) is 29.1 Å². The summed E-state index contributed by atoms with van der Waals surface area (Å²) in [6, 6.07) is 16.5. The molecule has 1 aliphatic rings. The van der Waals surface area contributed by atoms with Crippen LogP contribution in [-0.2, 0) is 0 Å². The largest absolute Gasteiger partial charge is 0.352 e. The van der Waals surface area contributed by atoms with Crippen LogP contribution in [0.15, 0.2) is 60.8 Å². The maximum atomic E-state index is 11.9. The Morgan fingerprint density at radius 3 is 2.16 bits per heavy atom. The second-order valence-corrected chi connectivity index (χ2v) is 4.88. The zero-order valence-electron chi connectivity index (χ0n) is 10.2. The predicted molar refractivity (Wildman–Crippen MR) is 78.5 cm³/mol. The minimum absolute atomic E-state index is 0.00920. The van der Waals surface area contributed by atoms with Crippen LogP contribution in [-0.4, -0.2) is 5.78 Å². The molecule has 19 heavy (non-hydrogen) atoms. The minimum atomic E-state index is -0.00920. The molecule has 0 radical (unpaired) electrons. The summed E-state index contributed by atoms with van der Waals surface area (Å²) in [5.41, 5.74) is 2.03. The fourth-order valence-corrected chi connectivity index (χ4v) is 2.67. The van der Waals surface area contributed by atoms with Gasteiger partial charge in [-0.05, 0) is 45.8 Å². The zero-order chi connectivity index (χ0) is 13.0. The SMILES string of the molecule is C=C1Nc2cc3cc4ccccc4cc3cc2C1=O. The Morgan fingerprint density at radius 2 is 1.47 bits per heavy atom. The smallest absolute Gasteiger partial charge is 0.210 e. The maximum absolute atomic E-state index is 11.9. The summed E-state index contributed by atoms with van der Waals surface area (Å²) in [5, 5.41) is 7.65. The fraction of sp³-hybridized carbons (Fsp3) is 0. The second-order valence-electron chi connectivity index (χ2n) is 4.88. The van der Waals surface area contributed by atoms with Crippen LogP contribution < -0.4 is 5.32 Å². The van der Waals surface area contributed by atoms with E-state index in [1.54, 1.807) is 0 Å². The zero-order valence-corrected chi connectivity index (χ0v) is 10.2. The molecule has 2 nitrogen and oxygen atoms in total. The van der Waals surface area contributed by atoms with E-state index in [1.165, 1.54) is 10.8 Å². The van der Waals surface area contributed by atoms with Gasteiger partial charge in [0.1, 0.15) is 0 Å². The molecule has 0 atom stereocenters. The van der Waals surface area contributed by atoms with E-state index in [0.717, 1.165) is 16.5 Å². The van der Waals surface area contributed by atoms with Gasteiger partial charge in [-0.3, -0.25) is 4.79 Å². The summed E-state index contributed by atoms with van der Waals surface area (Å²) in [5.74, 6) is -0.00920. The van der Waals surface area contributed by atoms with Crippen molar-refractivity contribution in [2.24, 2.45) is 0 Å². The maximum Gasteiger partial charge on any atom is 0.210 e. The predicted octanol–water partition coefficient (Wildman–Crippen LogP) is 4.11. The molecule has 0 saturated carbocycles. The van der Waals surface area contributed by atoms with E-state index in [2.05, 4.69) is 36.2 Å². The summed E-state index contributed by atoms with van der Waals surface area (Å²) in [6.45, 7) is 3.73. The summed E-state index contributed by atoms with van der Waals surface area (Å²) >= 11 is 0. The van der Waals surface area contributed by atoms with Crippen molar-refractivity contribution in [1.82, 2.24) is 0 Å². The van der Waals surface area contributed by atoms with E-state index in [-0.39, 0.29) is 5.78 Å². The number of rotatable bonds is 0. The van der Waals surface area contributed by atoms with Crippen LogP contribution in [0.1, 0.15) is 10.4 Å². The van der Waals surface area contributed by atoms with Crippen LogP contribution in [0, 0.1) is 0 Å². The van der Waals surface area contributed by atoms with Gasteiger partial charge >= 0.3 is 0 Å². The van der Waals surface area contributed by atoms with Crippen LogP contribution in [0.4, 0.5) is 5.69 Å². The van der Waals surface area contributed by atoms with E-state index >= 15 is 0 Å². The minimum Gasteiger partial charge on any atom is -0.352 e. The van der Waals surface area contributed by atoms with Gasteiger partial charge in [0.25, 0.3) is 0 Å². The third kappa shape index (κ3) is 1.40. The molecule has 0 aromatic heterocycles. The summed E-state index contributed by atoms with van der Waals surface area (Å²) < 4.78 is 0.